The molecule has 1 amide bonds. The minimum atomic E-state index is -0.295. The van der Waals surface area contributed by atoms with E-state index in [2.05, 4.69) is 20.7 Å². The lowest BCUT2D eigenvalue weighted by Crippen LogP contribution is -2.36. The van der Waals surface area contributed by atoms with Gasteiger partial charge in [0, 0.05) is 35.6 Å². The highest BCUT2D eigenvalue weighted by molar-refractivity contribution is 6.31. The number of carbonyl (C=O) groups excluding carboxylic acids is 1. The van der Waals surface area contributed by atoms with Crippen LogP contribution in [0.2, 0.25) is 5.02 Å². The predicted molar refractivity (Wildman–Crippen MR) is 124 cm³/mol. The molecule has 2 aromatic carbocycles. The minimum Gasteiger partial charge on any atom is -0.497 e. The second kappa shape index (κ2) is 10.1. The van der Waals surface area contributed by atoms with Crippen molar-refractivity contribution in [1.82, 2.24) is 15.1 Å². The summed E-state index contributed by atoms with van der Waals surface area (Å²) in [4.78, 5) is 17.3. The molecule has 0 unspecified atom stereocenters. The van der Waals surface area contributed by atoms with Crippen LogP contribution in [0.4, 0.5) is 5.69 Å². The van der Waals surface area contributed by atoms with Gasteiger partial charge in [-0.15, -0.1) is 0 Å². The van der Waals surface area contributed by atoms with Gasteiger partial charge >= 0.3 is 0 Å². The van der Waals surface area contributed by atoms with Gasteiger partial charge in [0.2, 0.25) is 5.96 Å². The van der Waals surface area contributed by atoms with E-state index in [4.69, 9.17) is 16.3 Å². The molecule has 0 spiro atoms. The highest BCUT2D eigenvalue weighted by Crippen LogP contribution is 2.16. The number of methoxy groups -OCH3 is 1. The molecule has 0 aliphatic heterocycles. The summed E-state index contributed by atoms with van der Waals surface area (Å²) in [6.07, 6.45) is 0.715. The van der Waals surface area contributed by atoms with E-state index in [1.807, 2.05) is 49.8 Å². The number of nitrogens with one attached hydrogen (secondary N) is 2. The number of anilines is 1. The molecule has 0 atom stereocenters. The first kappa shape index (κ1) is 22.4. The van der Waals surface area contributed by atoms with E-state index in [0.717, 1.165) is 28.4 Å². The van der Waals surface area contributed by atoms with Gasteiger partial charge in [0.25, 0.3) is 5.91 Å². The van der Waals surface area contributed by atoms with Crippen molar-refractivity contribution in [2.75, 3.05) is 19.0 Å². The van der Waals surface area contributed by atoms with E-state index >= 15 is 0 Å². The van der Waals surface area contributed by atoms with E-state index in [0.29, 0.717) is 29.5 Å². The van der Waals surface area contributed by atoms with Crippen molar-refractivity contribution >= 4 is 29.2 Å². The van der Waals surface area contributed by atoms with Gasteiger partial charge in [-0.3, -0.25) is 19.8 Å². The van der Waals surface area contributed by atoms with Crippen LogP contribution in [0.5, 0.6) is 5.75 Å². The second-order valence-corrected chi connectivity index (χ2v) is 7.51. The van der Waals surface area contributed by atoms with Gasteiger partial charge in [0.1, 0.15) is 5.75 Å². The minimum absolute atomic E-state index is 0.295. The lowest BCUT2D eigenvalue weighted by molar-refractivity contribution is 0.0977. The van der Waals surface area contributed by atoms with Crippen LogP contribution in [-0.4, -0.2) is 35.3 Å². The van der Waals surface area contributed by atoms with Crippen LogP contribution < -0.4 is 15.4 Å². The Hall–Kier alpha value is -3.32. The molecule has 0 radical (unpaired) electrons. The standard InChI is InChI=1S/C23H26ClN5O2/c1-15-21(16(2)29(3)28-15)12-13-25-23(26-19-8-10-20(31-4)11-9-19)27-22(30)17-6-5-7-18(24)14-17/h5-11,14H,12-13H2,1-4H3,(H2,25,26,27,30). The van der Waals surface area contributed by atoms with Gasteiger partial charge < -0.3 is 10.1 Å². The number of hydrogen-bond donors (Lipinski definition) is 2. The molecule has 162 valence electrons. The summed E-state index contributed by atoms with van der Waals surface area (Å²) in [5.41, 5.74) is 4.50. The Morgan fingerprint density at radius 2 is 1.94 bits per heavy atom. The maximum absolute atomic E-state index is 12.7. The van der Waals surface area contributed by atoms with Crippen molar-refractivity contribution in [1.29, 1.82) is 0 Å². The normalized spacial score (nSPS) is 11.3. The molecule has 3 aromatic rings. The van der Waals surface area contributed by atoms with E-state index < -0.39 is 0 Å². The Balaban J connectivity index is 1.78. The van der Waals surface area contributed by atoms with Crippen LogP contribution in [0.15, 0.2) is 53.5 Å². The molecular weight excluding hydrogens is 414 g/mol. The fourth-order valence-electron chi connectivity index (χ4n) is 3.19. The van der Waals surface area contributed by atoms with Crippen LogP contribution >= 0.6 is 11.6 Å². The summed E-state index contributed by atoms with van der Waals surface area (Å²) in [6, 6.07) is 14.2. The SMILES string of the molecule is COc1ccc(NC(=NCCc2c(C)nn(C)c2C)NC(=O)c2cccc(Cl)c2)cc1. The third-order valence-electron chi connectivity index (χ3n) is 4.96. The number of aromatic nitrogens is 2. The average Bonchev–Trinajstić information content (AvgIpc) is 3.00. The number of carbonyl (C=O) groups is 1. The smallest absolute Gasteiger partial charge is 0.258 e. The van der Waals surface area contributed by atoms with Crippen molar-refractivity contribution in [3.05, 3.63) is 76.1 Å². The largest absolute Gasteiger partial charge is 0.497 e. The zero-order chi connectivity index (χ0) is 22.4. The number of halogens is 1. The number of aryl methyl sites for hydroxylation is 2. The monoisotopic (exact) mass is 439 g/mol. The second-order valence-electron chi connectivity index (χ2n) is 7.07. The van der Waals surface area contributed by atoms with E-state index in [1.165, 1.54) is 0 Å². The maximum atomic E-state index is 12.7. The Kier molecular flexibility index (Phi) is 7.31. The first-order valence-electron chi connectivity index (χ1n) is 9.89. The first-order chi connectivity index (χ1) is 14.9. The number of rotatable bonds is 6. The van der Waals surface area contributed by atoms with Gasteiger partial charge in [-0.2, -0.15) is 5.10 Å². The molecule has 7 nitrogen and oxygen atoms in total. The lowest BCUT2D eigenvalue weighted by Gasteiger charge is -2.12. The van der Waals surface area contributed by atoms with Crippen molar-refractivity contribution in [2.24, 2.45) is 12.0 Å². The summed E-state index contributed by atoms with van der Waals surface area (Å²) in [7, 11) is 3.54. The number of amides is 1. The molecule has 0 bridgehead atoms. The predicted octanol–water partition coefficient (Wildman–Crippen LogP) is 4.14. The van der Waals surface area contributed by atoms with Gasteiger partial charge in [-0.1, -0.05) is 17.7 Å². The molecule has 31 heavy (non-hydrogen) atoms. The summed E-state index contributed by atoms with van der Waals surface area (Å²) in [5.74, 6) is 0.805. The van der Waals surface area contributed by atoms with Gasteiger partial charge in [0.05, 0.1) is 12.8 Å². The third kappa shape index (κ3) is 5.86. The van der Waals surface area contributed by atoms with E-state index in [1.54, 1.807) is 31.4 Å². The molecule has 1 heterocycles. The van der Waals surface area contributed by atoms with Crippen LogP contribution in [0, 0.1) is 13.8 Å². The average molecular weight is 440 g/mol. The van der Waals surface area contributed by atoms with Crippen molar-refractivity contribution < 1.29 is 9.53 Å². The highest BCUT2D eigenvalue weighted by Gasteiger charge is 2.12. The van der Waals surface area contributed by atoms with Crippen LogP contribution in [0.25, 0.3) is 0 Å². The Morgan fingerprint density at radius 1 is 1.19 bits per heavy atom. The summed E-state index contributed by atoms with van der Waals surface area (Å²) in [5, 5.41) is 11.0. The molecule has 0 aliphatic carbocycles. The molecule has 3 rings (SSSR count). The molecule has 0 fully saturated rings. The molecule has 2 N–H and O–H groups in total. The van der Waals surface area contributed by atoms with Crippen LogP contribution in [0.3, 0.4) is 0 Å². The number of benzene rings is 2. The Bertz CT molecular complexity index is 1090. The number of guanidine groups is 1. The van der Waals surface area contributed by atoms with Crippen molar-refractivity contribution in [2.45, 2.75) is 20.3 Å². The quantitative estimate of drug-likeness (QED) is 0.447. The summed E-state index contributed by atoms with van der Waals surface area (Å²) >= 11 is 6.02. The Morgan fingerprint density at radius 3 is 2.55 bits per heavy atom. The van der Waals surface area contributed by atoms with Gasteiger partial charge in [-0.25, -0.2) is 0 Å². The van der Waals surface area contributed by atoms with Crippen molar-refractivity contribution in [3.8, 4) is 5.75 Å². The topological polar surface area (TPSA) is 80.5 Å². The van der Waals surface area contributed by atoms with Gasteiger partial charge in [0.15, 0.2) is 0 Å². The zero-order valence-electron chi connectivity index (χ0n) is 18.1. The van der Waals surface area contributed by atoms with E-state index in [-0.39, 0.29) is 5.91 Å². The fourth-order valence-corrected chi connectivity index (χ4v) is 3.38. The summed E-state index contributed by atoms with van der Waals surface area (Å²) < 4.78 is 7.06. The van der Waals surface area contributed by atoms with E-state index in [9.17, 15) is 4.79 Å². The van der Waals surface area contributed by atoms with Crippen LogP contribution in [0.1, 0.15) is 27.3 Å². The third-order valence-corrected chi connectivity index (χ3v) is 5.20. The molecule has 0 saturated carbocycles. The van der Waals surface area contributed by atoms with Crippen molar-refractivity contribution in [3.63, 3.8) is 0 Å². The molecule has 0 saturated heterocycles. The van der Waals surface area contributed by atoms with Gasteiger partial charge in [-0.05, 0) is 68.3 Å². The molecular formula is C23H26ClN5O2. The lowest BCUT2D eigenvalue weighted by atomic mass is 10.1. The number of aliphatic imine (C=N–C) groups is 1. The Labute approximate surface area is 187 Å². The maximum Gasteiger partial charge on any atom is 0.258 e. The molecule has 1 aromatic heterocycles. The number of ether oxygens (including phenoxy) is 1. The zero-order valence-corrected chi connectivity index (χ0v) is 18.8. The summed E-state index contributed by atoms with van der Waals surface area (Å²) in [6.45, 7) is 4.52. The first-order valence-corrected chi connectivity index (χ1v) is 10.3. The molecule has 0 aliphatic rings. The van der Waals surface area contributed by atoms with Crippen LogP contribution in [-0.2, 0) is 13.5 Å². The fraction of sp³-hybridized carbons (Fsp3) is 0.261. The number of hydrogen-bond acceptors (Lipinski definition) is 4. The number of nitrogens with zero attached hydrogens (tertiary/aromatic N) is 3. The highest BCUT2D eigenvalue weighted by atomic mass is 35.5. The molecule has 8 heteroatoms.